The molecule has 1 atom stereocenters. The molecule has 0 unspecified atom stereocenters. The summed E-state index contributed by atoms with van der Waals surface area (Å²) in [5, 5.41) is 2.76. The fraction of sp³-hybridized carbons (Fsp3) is 0.250. The first-order valence-electron chi connectivity index (χ1n) is 7.37. The normalized spacial score (nSPS) is 17.0. The molecule has 1 aliphatic heterocycles. The van der Waals surface area contributed by atoms with Gasteiger partial charge in [0.1, 0.15) is 11.4 Å². The number of nitrogens with one attached hydrogen (secondary N) is 2. The number of carbonyl (C=O) groups excluding carboxylic acids is 2. The summed E-state index contributed by atoms with van der Waals surface area (Å²) in [4.78, 5) is 43.1. The molecule has 2 N–H and O–H groups in total. The summed E-state index contributed by atoms with van der Waals surface area (Å²) in [5.74, 6) is 0.143. The van der Waals surface area contributed by atoms with Crippen LogP contribution >= 0.6 is 0 Å². The van der Waals surface area contributed by atoms with Crippen LogP contribution < -0.4 is 20.5 Å². The standard InChI is InChI=1S/C16H16N4O4/c1-24-12-4-2-3-11(6-12)20-9-10(5-15(20)22)19-16(23)13-7-18-14(21)8-17-13/h2-4,6-8,10H,5,9H2,1H3,(H,18,21)(H,19,23)/t10-/m0/s1. The summed E-state index contributed by atoms with van der Waals surface area (Å²) < 4.78 is 5.16. The lowest BCUT2D eigenvalue weighted by atomic mass is 10.2. The number of methoxy groups -OCH3 is 1. The van der Waals surface area contributed by atoms with Crippen LogP contribution in [0.3, 0.4) is 0 Å². The van der Waals surface area contributed by atoms with E-state index in [0.717, 1.165) is 11.9 Å². The van der Waals surface area contributed by atoms with Crippen LogP contribution in [0.2, 0.25) is 0 Å². The van der Waals surface area contributed by atoms with E-state index in [-0.39, 0.29) is 29.6 Å². The van der Waals surface area contributed by atoms with Crippen LogP contribution in [-0.2, 0) is 4.79 Å². The van der Waals surface area contributed by atoms with Crippen molar-refractivity contribution in [3.63, 3.8) is 0 Å². The number of rotatable bonds is 4. The molecule has 0 bridgehead atoms. The number of aromatic amines is 1. The van der Waals surface area contributed by atoms with E-state index in [1.807, 2.05) is 6.07 Å². The molecule has 1 fully saturated rings. The molecule has 1 aliphatic rings. The van der Waals surface area contributed by atoms with Gasteiger partial charge in [0.2, 0.25) is 5.91 Å². The van der Waals surface area contributed by atoms with Crippen molar-refractivity contribution in [3.8, 4) is 5.75 Å². The van der Waals surface area contributed by atoms with Crippen LogP contribution in [0.5, 0.6) is 5.75 Å². The Labute approximate surface area is 137 Å². The summed E-state index contributed by atoms with van der Waals surface area (Å²) >= 11 is 0. The summed E-state index contributed by atoms with van der Waals surface area (Å²) in [7, 11) is 1.56. The number of H-pyrrole nitrogens is 1. The van der Waals surface area contributed by atoms with Crippen molar-refractivity contribution in [1.82, 2.24) is 15.3 Å². The number of aromatic nitrogens is 2. The number of hydrogen-bond acceptors (Lipinski definition) is 5. The number of anilines is 1. The molecular weight excluding hydrogens is 312 g/mol. The van der Waals surface area contributed by atoms with Crippen molar-refractivity contribution < 1.29 is 14.3 Å². The highest BCUT2D eigenvalue weighted by atomic mass is 16.5. The van der Waals surface area contributed by atoms with E-state index < -0.39 is 5.91 Å². The second-order valence-electron chi connectivity index (χ2n) is 5.38. The number of amides is 2. The fourth-order valence-corrected chi connectivity index (χ4v) is 2.56. The van der Waals surface area contributed by atoms with Crippen molar-refractivity contribution >= 4 is 17.5 Å². The van der Waals surface area contributed by atoms with E-state index >= 15 is 0 Å². The maximum atomic E-state index is 12.2. The predicted molar refractivity (Wildman–Crippen MR) is 86.1 cm³/mol. The molecule has 1 saturated heterocycles. The molecule has 0 aliphatic carbocycles. The van der Waals surface area contributed by atoms with Gasteiger partial charge < -0.3 is 19.9 Å². The van der Waals surface area contributed by atoms with Gasteiger partial charge >= 0.3 is 0 Å². The molecular formula is C16H16N4O4. The van der Waals surface area contributed by atoms with Crippen LogP contribution in [0.15, 0.2) is 41.5 Å². The van der Waals surface area contributed by atoms with Crippen molar-refractivity contribution in [3.05, 3.63) is 52.7 Å². The van der Waals surface area contributed by atoms with Gasteiger partial charge in [0.05, 0.1) is 19.3 Å². The summed E-state index contributed by atoms with van der Waals surface area (Å²) in [5.41, 5.74) is 0.437. The third-order valence-electron chi connectivity index (χ3n) is 3.73. The van der Waals surface area contributed by atoms with Crippen LogP contribution in [-0.4, -0.2) is 41.5 Å². The average Bonchev–Trinajstić information content (AvgIpc) is 2.95. The zero-order chi connectivity index (χ0) is 17.1. The second kappa shape index (κ2) is 6.53. The number of nitrogens with zero attached hydrogens (tertiary/aromatic N) is 2. The van der Waals surface area contributed by atoms with Gasteiger partial charge in [0.25, 0.3) is 11.5 Å². The minimum atomic E-state index is -0.434. The van der Waals surface area contributed by atoms with Crippen molar-refractivity contribution in [2.24, 2.45) is 0 Å². The number of carbonyl (C=O) groups is 2. The van der Waals surface area contributed by atoms with E-state index in [2.05, 4.69) is 15.3 Å². The first-order chi connectivity index (χ1) is 11.6. The van der Waals surface area contributed by atoms with E-state index in [9.17, 15) is 14.4 Å². The molecule has 8 nitrogen and oxygen atoms in total. The largest absolute Gasteiger partial charge is 0.497 e. The van der Waals surface area contributed by atoms with Crippen LogP contribution in [0.4, 0.5) is 5.69 Å². The first kappa shape index (κ1) is 15.7. The van der Waals surface area contributed by atoms with Crippen LogP contribution in [0.1, 0.15) is 16.9 Å². The maximum absolute atomic E-state index is 12.2. The van der Waals surface area contributed by atoms with Crippen molar-refractivity contribution in [1.29, 1.82) is 0 Å². The molecule has 2 amide bonds. The number of benzene rings is 1. The summed E-state index contributed by atoms with van der Waals surface area (Å²) in [6, 6.07) is 6.85. The molecule has 1 aromatic heterocycles. The van der Waals surface area contributed by atoms with Gasteiger partial charge in [0, 0.05) is 30.9 Å². The molecule has 0 spiro atoms. The highest BCUT2D eigenvalue weighted by molar-refractivity contribution is 5.98. The minimum absolute atomic E-state index is 0.0806. The number of hydrogen-bond donors (Lipinski definition) is 2. The van der Waals surface area contributed by atoms with Crippen molar-refractivity contribution in [2.75, 3.05) is 18.6 Å². The highest BCUT2D eigenvalue weighted by Crippen LogP contribution is 2.25. The Morgan fingerprint density at radius 2 is 2.25 bits per heavy atom. The lowest BCUT2D eigenvalue weighted by Crippen LogP contribution is -2.37. The Balaban J connectivity index is 1.69. The van der Waals surface area contributed by atoms with Crippen LogP contribution in [0, 0.1) is 0 Å². The molecule has 2 aromatic rings. The molecule has 1 aromatic carbocycles. The van der Waals surface area contributed by atoms with Gasteiger partial charge in [-0.15, -0.1) is 0 Å². The first-order valence-corrected chi connectivity index (χ1v) is 7.37. The fourth-order valence-electron chi connectivity index (χ4n) is 2.56. The van der Waals surface area contributed by atoms with E-state index in [1.165, 1.54) is 6.20 Å². The van der Waals surface area contributed by atoms with Gasteiger partial charge in [-0.2, -0.15) is 0 Å². The zero-order valence-corrected chi connectivity index (χ0v) is 13.0. The van der Waals surface area contributed by atoms with Gasteiger partial charge in [0.15, 0.2) is 0 Å². The molecule has 24 heavy (non-hydrogen) atoms. The Bertz CT molecular complexity index is 812. The predicted octanol–water partition coefficient (Wildman–Crippen LogP) is 0.314. The Kier molecular flexibility index (Phi) is 4.28. The lowest BCUT2D eigenvalue weighted by Gasteiger charge is -2.17. The topological polar surface area (TPSA) is 104 Å². The van der Waals surface area contributed by atoms with E-state index in [0.29, 0.717) is 12.3 Å². The summed E-state index contributed by atoms with van der Waals surface area (Å²) in [6.45, 7) is 0.362. The molecule has 3 rings (SSSR count). The van der Waals surface area contributed by atoms with E-state index in [1.54, 1.807) is 30.2 Å². The quantitative estimate of drug-likeness (QED) is 0.841. The second-order valence-corrected chi connectivity index (χ2v) is 5.38. The molecule has 8 heteroatoms. The third kappa shape index (κ3) is 3.27. The van der Waals surface area contributed by atoms with Crippen LogP contribution in [0.25, 0.3) is 0 Å². The summed E-state index contributed by atoms with van der Waals surface area (Å²) in [6.07, 6.45) is 2.48. The lowest BCUT2D eigenvalue weighted by molar-refractivity contribution is -0.117. The maximum Gasteiger partial charge on any atom is 0.271 e. The molecule has 0 radical (unpaired) electrons. The minimum Gasteiger partial charge on any atom is -0.497 e. The average molecular weight is 328 g/mol. The van der Waals surface area contributed by atoms with Gasteiger partial charge in [-0.1, -0.05) is 6.07 Å². The Morgan fingerprint density at radius 3 is 2.96 bits per heavy atom. The highest BCUT2D eigenvalue weighted by Gasteiger charge is 2.32. The molecule has 0 saturated carbocycles. The molecule has 2 heterocycles. The Morgan fingerprint density at radius 1 is 1.42 bits per heavy atom. The van der Waals surface area contributed by atoms with Gasteiger partial charge in [-0.25, -0.2) is 4.98 Å². The zero-order valence-electron chi connectivity index (χ0n) is 13.0. The third-order valence-corrected chi connectivity index (χ3v) is 3.73. The van der Waals surface area contributed by atoms with Crippen molar-refractivity contribution in [2.45, 2.75) is 12.5 Å². The van der Waals surface area contributed by atoms with E-state index in [4.69, 9.17) is 4.74 Å². The van der Waals surface area contributed by atoms with Gasteiger partial charge in [-0.3, -0.25) is 14.4 Å². The Hall–Kier alpha value is -3.16. The smallest absolute Gasteiger partial charge is 0.271 e. The molecule has 124 valence electrons. The SMILES string of the molecule is COc1cccc(N2C[C@@H](NC(=O)c3c[nH]c(=O)cn3)CC2=O)c1. The number of ether oxygens (including phenoxy) is 1. The monoisotopic (exact) mass is 328 g/mol. The van der Waals surface area contributed by atoms with Gasteiger partial charge in [-0.05, 0) is 12.1 Å².